The van der Waals surface area contributed by atoms with Crippen molar-refractivity contribution in [2.24, 2.45) is 11.8 Å². The summed E-state index contributed by atoms with van der Waals surface area (Å²) in [6.45, 7) is 8.99. The average molecular weight is 468 g/mol. The molecule has 0 radical (unpaired) electrons. The van der Waals surface area contributed by atoms with Crippen molar-refractivity contribution >= 4 is 39.6 Å². The highest BCUT2D eigenvalue weighted by Gasteiger charge is 2.78. The molecular formula is C25H25NO4S2. The molecule has 3 unspecified atom stereocenters. The standard InChI is InChI=1S/C25H25NO4S2/c1-13-16-10-18-19(12-30-11-17(16)14(2)31-13)25(4)21-20(24(18,3)32(25)29)22(27)26(23(21)28)15-8-6-5-7-9-15/h5-9,20-21H,10-12H2,1-4H3/t20?,21?,24-,25+,32?/m0/s1. The second-order valence-corrected chi connectivity index (χ2v) is 13.2. The molecule has 4 aliphatic rings. The van der Waals surface area contributed by atoms with Gasteiger partial charge in [-0.25, -0.2) is 4.90 Å². The Balaban J connectivity index is 1.53. The fraction of sp³-hybridized carbons (Fsp3) is 0.440. The summed E-state index contributed by atoms with van der Waals surface area (Å²) >= 11 is 1.77. The van der Waals surface area contributed by atoms with Crippen LogP contribution in [0.1, 0.15) is 34.7 Å². The summed E-state index contributed by atoms with van der Waals surface area (Å²) in [5, 5.41) is 0. The van der Waals surface area contributed by atoms with Crippen molar-refractivity contribution in [2.45, 2.75) is 50.2 Å². The number of hydrogen-bond acceptors (Lipinski definition) is 5. The number of aryl methyl sites for hydroxylation is 2. The van der Waals surface area contributed by atoms with Gasteiger partial charge >= 0.3 is 0 Å². The van der Waals surface area contributed by atoms with E-state index in [0.29, 0.717) is 25.3 Å². The van der Waals surface area contributed by atoms with E-state index in [1.165, 1.54) is 25.8 Å². The van der Waals surface area contributed by atoms with E-state index in [-0.39, 0.29) is 11.8 Å². The number of amides is 2. The molecular weight excluding hydrogens is 442 g/mol. The van der Waals surface area contributed by atoms with E-state index in [9.17, 15) is 13.8 Å². The third kappa shape index (κ3) is 2.20. The lowest BCUT2D eigenvalue weighted by Gasteiger charge is -2.35. The van der Waals surface area contributed by atoms with Crippen LogP contribution in [0, 0.1) is 25.7 Å². The smallest absolute Gasteiger partial charge is 0.239 e. The highest BCUT2D eigenvalue weighted by molar-refractivity contribution is 7.89. The Morgan fingerprint density at radius 2 is 1.53 bits per heavy atom. The summed E-state index contributed by atoms with van der Waals surface area (Å²) in [6, 6.07) is 9.10. The van der Waals surface area contributed by atoms with E-state index < -0.39 is 32.1 Å². The van der Waals surface area contributed by atoms with E-state index in [4.69, 9.17) is 4.74 Å². The van der Waals surface area contributed by atoms with Crippen molar-refractivity contribution in [1.82, 2.24) is 0 Å². The minimum atomic E-state index is -1.38. The minimum absolute atomic E-state index is 0.223. The second-order valence-electron chi connectivity index (χ2n) is 9.58. The molecule has 2 fully saturated rings. The van der Waals surface area contributed by atoms with Crippen LogP contribution in [0.3, 0.4) is 0 Å². The second kappa shape index (κ2) is 6.49. The largest absolute Gasteiger partial charge is 0.372 e. The highest BCUT2D eigenvalue weighted by Crippen LogP contribution is 2.66. The summed E-state index contributed by atoms with van der Waals surface area (Å²) in [7, 11) is -1.38. The number of nitrogens with zero attached hydrogens (tertiary/aromatic N) is 1. The van der Waals surface area contributed by atoms with Crippen molar-refractivity contribution in [3.63, 3.8) is 0 Å². The molecule has 1 aromatic heterocycles. The molecule has 7 heteroatoms. The van der Waals surface area contributed by atoms with Gasteiger partial charge in [0.05, 0.1) is 40.2 Å². The lowest BCUT2D eigenvalue weighted by molar-refractivity contribution is -0.122. The van der Waals surface area contributed by atoms with Crippen molar-refractivity contribution in [3.8, 4) is 0 Å². The van der Waals surface area contributed by atoms with Crippen molar-refractivity contribution in [3.05, 3.63) is 62.4 Å². The predicted octanol–water partition coefficient (Wildman–Crippen LogP) is 3.83. The van der Waals surface area contributed by atoms with Gasteiger partial charge in [-0.3, -0.25) is 13.8 Å². The number of thiophene rings is 1. The monoisotopic (exact) mass is 467 g/mol. The molecule has 4 aliphatic heterocycles. The molecule has 166 valence electrons. The molecule has 0 N–H and O–H groups in total. The number of benzene rings is 1. The molecule has 2 bridgehead atoms. The molecule has 2 amide bonds. The van der Waals surface area contributed by atoms with E-state index >= 15 is 0 Å². The fourth-order valence-electron chi connectivity index (χ4n) is 6.62. The number of anilines is 1. The van der Waals surface area contributed by atoms with E-state index in [1.807, 2.05) is 32.0 Å². The molecule has 5 atom stereocenters. The van der Waals surface area contributed by atoms with Gasteiger partial charge in [-0.05, 0) is 68.5 Å². The molecule has 2 aromatic rings. The molecule has 32 heavy (non-hydrogen) atoms. The Bertz CT molecular complexity index is 1260. The first-order valence-electron chi connectivity index (χ1n) is 11.0. The Kier molecular flexibility index (Phi) is 4.16. The summed E-state index contributed by atoms with van der Waals surface area (Å²) in [5.74, 6) is -1.68. The number of rotatable bonds is 1. The van der Waals surface area contributed by atoms with Crippen LogP contribution in [0.2, 0.25) is 0 Å². The summed E-state index contributed by atoms with van der Waals surface area (Å²) < 4.78 is 18.4. The lowest BCUT2D eigenvalue weighted by atomic mass is 9.64. The normalized spacial score (nSPS) is 35.6. The van der Waals surface area contributed by atoms with E-state index in [2.05, 4.69) is 13.8 Å². The first-order chi connectivity index (χ1) is 15.2. The van der Waals surface area contributed by atoms with Gasteiger partial charge in [-0.15, -0.1) is 11.3 Å². The quantitative estimate of drug-likeness (QED) is 0.472. The minimum Gasteiger partial charge on any atom is -0.372 e. The van der Waals surface area contributed by atoms with Gasteiger partial charge < -0.3 is 4.74 Å². The van der Waals surface area contributed by atoms with Crippen LogP contribution >= 0.6 is 11.3 Å². The number of para-hydroxylation sites is 1. The highest BCUT2D eigenvalue weighted by atomic mass is 32.2. The van der Waals surface area contributed by atoms with Crippen LogP contribution in [0.4, 0.5) is 5.69 Å². The van der Waals surface area contributed by atoms with Gasteiger partial charge in [-0.1, -0.05) is 18.2 Å². The first-order valence-corrected chi connectivity index (χ1v) is 12.9. The predicted molar refractivity (Wildman–Crippen MR) is 125 cm³/mol. The molecule has 1 aromatic carbocycles. The lowest BCUT2D eigenvalue weighted by Crippen LogP contribution is -2.44. The van der Waals surface area contributed by atoms with Crippen LogP contribution < -0.4 is 4.90 Å². The zero-order chi connectivity index (χ0) is 22.6. The van der Waals surface area contributed by atoms with E-state index in [0.717, 1.165) is 11.1 Å². The van der Waals surface area contributed by atoms with Gasteiger partial charge in [0.1, 0.15) is 0 Å². The number of fused-ring (bicyclic) bond motifs is 8. The van der Waals surface area contributed by atoms with Gasteiger partial charge in [0.25, 0.3) is 0 Å². The zero-order valence-electron chi connectivity index (χ0n) is 18.6. The number of ether oxygens (including phenoxy) is 1. The fourth-order valence-corrected chi connectivity index (χ4v) is 10.3. The Hall–Kier alpha value is -2.09. The van der Waals surface area contributed by atoms with Gasteiger partial charge in [0.15, 0.2) is 0 Å². The van der Waals surface area contributed by atoms with Crippen LogP contribution in [0.5, 0.6) is 0 Å². The van der Waals surface area contributed by atoms with Crippen LogP contribution in [0.15, 0.2) is 41.5 Å². The van der Waals surface area contributed by atoms with Crippen molar-refractivity contribution in [1.29, 1.82) is 0 Å². The number of carbonyl (C=O) groups excluding carboxylic acids is 2. The summed E-state index contributed by atoms with van der Waals surface area (Å²) in [5.41, 5.74) is 5.08. The Labute approximate surface area is 193 Å². The maximum absolute atomic E-state index is 14.0. The average Bonchev–Trinajstić information content (AvgIpc) is 3.28. The molecule has 0 aliphatic carbocycles. The van der Waals surface area contributed by atoms with E-state index in [1.54, 1.807) is 23.5 Å². The van der Waals surface area contributed by atoms with Crippen molar-refractivity contribution in [2.75, 3.05) is 11.5 Å². The molecule has 0 saturated carbocycles. The molecule has 0 spiro atoms. The van der Waals surface area contributed by atoms with Gasteiger partial charge in [0, 0.05) is 20.6 Å². The maximum Gasteiger partial charge on any atom is 0.239 e. The Morgan fingerprint density at radius 3 is 2.19 bits per heavy atom. The van der Waals surface area contributed by atoms with Gasteiger partial charge in [-0.2, -0.15) is 0 Å². The number of hydrogen-bond donors (Lipinski definition) is 0. The van der Waals surface area contributed by atoms with Crippen LogP contribution in [-0.2, 0) is 38.2 Å². The summed E-state index contributed by atoms with van der Waals surface area (Å²) in [6.07, 6.45) is 0.679. The summed E-state index contributed by atoms with van der Waals surface area (Å²) in [4.78, 5) is 31.2. The zero-order valence-corrected chi connectivity index (χ0v) is 20.2. The third-order valence-corrected chi connectivity index (χ3v) is 11.9. The van der Waals surface area contributed by atoms with Gasteiger partial charge in [0.2, 0.25) is 11.8 Å². The number of carbonyl (C=O) groups is 2. The SMILES string of the molecule is Cc1sc(C)c2c1COCC1=C(C2)[C@@]2(C)C3C(=O)N(c4ccccc4)C(=O)C3[C@]1(C)S2=O. The maximum atomic E-state index is 14.0. The van der Waals surface area contributed by atoms with Crippen LogP contribution in [-0.4, -0.2) is 32.1 Å². The topological polar surface area (TPSA) is 63.7 Å². The third-order valence-electron chi connectivity index (χ3n) is 8.21. The Morgan fingerprint density at radius 1 is 0.938 bits per heavy atom. The molecule has 6 rings (SSSR count). The molecule has 5 heterocycles. The molecule has 2 saturated heterocycles. The van der Waals surface area contributed by atoms with Crippen LogP contribution in [0.25, 0.3) is 0 Å². The van der Waals surface area contributed by atoms with Crippen molar-refractivity contribution < 1.29 is 18.5 Å². The molecule has 5 nitrogen and oxygen atoms in total. The first kappa shape index (κ1) is 20.5. The number of imide groups is 1.